The van der Waals surface area contributed by atoms with Gasteiger partial charge >= 0.3 is 0 Å². The number of amides is 1. The summed E-state index contributed by atoms with van der Waals surface area (Å²) in [6, 6.07) is 10.9. The van der Waals surface area contributed by atoms with Gasteiger partial charge in [-0.05, 0) is 43.3 Å². The molecule has 2 rings (SSSR count). The van der Waals surface area contributed by atoms with Gasteiger partial charge in [0.05, 0.1) is 30.0 Å². The Kier molecular flexibility index (Phi) is 9.04. The Morgan fingerprint density at radius 1 is 1.11 bits per heavy atom. The summed E-state index contributed by atoms with van der Waals surface area (Å²) in [6.07, 6.45) is -0.0487. The third kappa shape index (κ3) is 6.59. The molecule has 10 heteroatoms. The number of nitrogen functional groups attached to an aromatic ring is 1. The number of carbonyl (C=O) groups is 1. The van der Waals surface area contributed by atoms with Gasteiger partial charge in [0.2, 0.25) is 15.9 Å². The maximum atomic E-state index is 12.3. The number of halogens is 1. The summed E-state index contributed by atoms with van der Waals surface area (Å²) < 4.78 is 37.3. The van der Waals surface area contributed by atoms with Gasteiger partial charge in [0, 0.05) is 19.0 Å². The van der Waals surface area contributed by atoms with Crippen molar-refractivity contribution in [2.24, 2.45) is 0 Å². The molecule has 2 aromatic rings. The van der Waals surface area contributed by atoms with Gasteiger partial charge < -0.3 is 20.5 Å². The number of ether oxygens (including phenoxy) is 2. The van der Waals surface area contributed by atoms with Crippen molar-refractivity contribution in [3.63, 3.8) is 0 Å². The molecule has 8 nitrogen and oxygen atoms in total. The van der Waals surface area contributed by atoms with E-state index in [1.165, 1.54) is 19.2 Å². The fourth-order valence-corrected chi connectivity index (χ4v) is 3.28. The summed E-state index contributed by atoms with van der Waals surface area (Å²) in [6.45, 7) is 2.29. The smallest absolute Gasteiger partial charge is 0.240 e. The topological polar surface area (TPSA) is 120 Å². The standard InChI is InChI=1S/C18H23N3O5S.ClH/c1-3-26-13-4-7-15(8-5-13)27(23,24)20-11-10-18(22)21-17-12-14(25-2)6-9-16(17)19;/h4-9,12,20H,3,10-11,19H2,1-2H3,(H,21,22);1H. The summed E-state index contributed by atoms with van der Waals surface area (Å²) in [5.41, 5.74) is 6.61. The van der Waals surface area contributed by atoms with Crippen LogP contribution >= 0.6 is 12.4 Å². The number of benzene rings is 2. The van der Waals surface area contributed by atoms with Crippen molar-refractivity contribution in [3.8, 4) is 11.5 Å². The molecule has 0 unspecified atom stereocenters. The molecule has 0 radical (unpaired) electrons. The molecular formula is C18H24ClN3O5S. The van der Waals surface area contributed by atoms with Crippen LogP contribution in [0.3, 0.4) is 0 Å². The van der Waals surface area contributed by atoms with Crippen LogP contribution in [0, 0.1) is 0 Å². The monoisotopic (exact) mass is 429 g/mol. The molecule has 154 valence electrons. The third-order valence-corrected chi connectivity index (χ3v) is 5.10. The molecule has 0 heterocycles. The Morgan fingerprint density at radius 2 is 1.75 bits per heavy atom. The van der Waals surface area contributed by atoms with Gasteiger partial charge in [-0.15, -0.1) is 12.4 Å². The highest BCUT2D eigenvalue weighted by atomic mass is 35.5. The molecule has 0 spiro atoms. The first kappa shape index (κ1) is 23.5. The zero-order valence-corrected chi connectivity index (χ0v) is 17.2. The molecule has 0 saturated carbocycles. The second-order valence-corrected chi connectivity index (χ2v) is 7.32. The number of anilines is 2. The van der Waals surface area contributed by atoms with E-state index >= 15 is 0 Å². The van der Waals surface area contributed by atoms with Crippen LogP contribution < -0.4 is 25.2 Å². The number of hydrogen-bond donors (Lipinski definition) is 3. The predicted octanol–water partition coefficient (Wildman–Crippen LogP) is 2.40. The molecule has 0 fully saturated rings. The largest absolute Gasteiger partial charge is 0.497 e. The molecule has 0 atom stereocenters. The van der Waals surface area contributed by atoms with Gasteiger partial charge in [-0.2, -0.15) is 0 Å². The minimum atomic E-state index is -3.71. The minimum Gasteiger partial charge on any atom is -0.497 e. The molecule has 0 aliphatic carbocycles. The second-order valence-electron chi connectivity index (χ2n) is 5.55. The van der Waals surface area contributed by atoms with E-state index in [1.54, 1.807) is 30.3 Å². The maximum absolute atomic E-state index is 12.3. The number of sulfonamides is 1. The molecular weight excluding hydrogens is 406 g/mol. The van der Waals surface area contributed by atoms with Gasteiger partial charge in [-0.25, -0.2) is 13.1 Å². The van der Waals surface area contributed by atoms with Crippen molar-refractivity contribution >= 4 is 39.7 Å². The molecule has 0 aromatic heterocycles. The lowest BCUT2D eigenvalue weighted by molar-refractivity contribution is -0.116. The summed E-state index contributed by atoms with van der Waals surface area (Å²) in [7, 11) is -2.20. The average Bonchev–Trinajstić information content (AvgIpc) is 2.64. The van der Waals surface area contributed by atoms with Crippen LogP contribution in [0.1, 0.15) is 13.3 Å². The van der Waals surface area contributed by atoms with Gasteiger partial charge in [0.15, 0.2) is 0 Å². The Bertz CT molecular complexity index is 889. The van der Waals surface area contributed by atoms with Gasteiger partial charge in [0.1, 0.15) is 11.5 Å². The molecule has 0 bridgehead atoms. The first-order valence-corrected chi connectivity index (χ1v) is 9.80. The highest BCUT2D eigenvalue weighted by Crippen LogP contribution is 2.24. The molecule has 0 saturated heterocycles. The SMILES string of the molecule is CCOc1ccc(S(=O)(=O)NCCC(=O)Nc2cc(OC)ccc2N)cc1.Cl. The van der Waals surface area contributed by atoms with Crippen molar-refractivity contribution < 1.29 is 22.7 Å². The van der Waals surface area contributed by atoms with E-state index in [2.05, 4.69) is 10.0 Å². The van der Waals surface area contributed by atoms with E-state index in [0.717, 1.165) is 0 Å². The fourth-order valence-electron chi connectivity index (χ4n) is 2.25. The van der Waals surface area contributed by atoms with Gasteiger partial charge in [0.25, 0.3) is 0 Å². The Hall–Kier alpha value is -2.49. The predicted molar refractivity (Wildman–Crippen MR) is 111 cm³/mol. The maximum Gasteiger partial charge on any atom is 0.240 e. The van der Waals surface area contributed by atoms with Crippen LogP contribution in [0.4, 0.5) is 11.4 Å². The van der Waals surface area contributed by atoms with Crippen molar-refractivity contribution in [1.82, 2.24) is 4.72 Å². The van der Waals surface area contributed by atoms with Crippen LogP contribution in [-0.2, 0) is 14.8 Å². The minimum absolute atomic E-state index is 0. The molecule has 1 amide bonds. The van der Waals surface area contributed by atoms with E-state index < -0.39 is 10.0 Å². The Morgan fingerprint density at radius 3 is 2.36 bits per heavy atom. The van der Waals surface area contributed by atoms with Crippen LogP contribution in [0.15, 0.2) is 47.4 Å². The summed E-state index contributed by atoms with van der Waals surface area (Å²) in [4.78, 5) is 12.1. The van der Waals surface area contributed by atoms with Crippen LogP contribution in [0.5, 0.6) is 11.5 Å². The molecule has 2 aromatic carbocycles. The van der Waals surface area contributed by atoms with Crippen molar-refractivity contribution in [2.45, 2.75) is 18.2 Å². The highest BCUT2D eigenvalue weighted by Gasteiger charge is 2.15. The van der Waals surface area contributed by atoms with Crippen molar-refractivity contribution in [2.75, 3.05) is 31.3 Å². The summed E-state index contributed by atoms with van der Waals surface area (Å²) in [5, 5.41) is 2.64. The zero-order valence-electron chi connectivity index (χ0n) is 15.6. The van der Waals surface area contributed by atoms with E-state index in [1.807, 2.05) is 6.92 Å². The van der Waals surface area contributed by atoms with Crippen molar-refractivity contribution in [3.05, 3.63) is 42.5 Å². The summed E-state index contributed by atoms with van der Waals surface area (Å²) in [5.74, 6) is 0.770. The number of nitrogens with one attached hydrogen (secondary N) is 2. The number of nitrogens with two attached hydrogens (primary N) is 1. The van der Waals surface area contributed by atoms with Crippen LogP contribution in [-0.4, -0.2) is 34.6 Å². The average molecular weight is 430 g/mol. The first-order chi connectivity index (χ1) is 12.9. The summed E-state index contributed by atoms with van der Waals surface area (Å²) >= 11 is 0. The van der Waals surface area contributed by atoms with Gasteiger partial charge in [-0.3, -0.25) is 4.79 Å². The Labute approximate surface area is 170 Å². The fraction of sp³-hybridized carbons (Fsp3) is 0.278. The van der Waals surface area contributed by atoms with E-state index in [0.29, 0.717) is 29.5 Å². The number of hydrogen-bond acceptors (Lipinski definition) is 6. The number of rotatable bonds is 9. The molecule has 0 aliphatic rings. The van der Waals surface area contributed by atoms with E-state index in [-0.39, 0.29) is 36.2 Å². The number of carbonyl (C=O) groups excluding carboxylic acids is 1. The zero-order chi connectivity index (χ0) is 19.9. The van der Waals surface area contributed by atoms with Crippen molar-refractivity contribution in [1.29, 1.82) is 0 Å². The lowest BCUT2D eigenvalue weighted by Gasteiger charge is -2.11. The van der Waals surface area contributed by atoms with E-state index in [9.17, 15) is 13.2 Å². The lowest BCUT2D eigenvalue weighted by atomic mass is 10.2. The van der Waals surface area contributed by atoms with Gasteiger partial charge in [-0.1, -0.05) is 0 Å². The first-order valence-electron chi connectivity index (χ1n) is 8.31. The molecule has 28 heavy (non-hydrogen) atoms. The highest BCUT2D eigenvalue weighted by molar-refractivity contribution is 7.89. The molecule has 0 aliphatic heterocycles. The van der Waals surface area contributed by atoms with Crippen LogP contribution in [0.2, 0.25) is 0 Å². The van der Waals surface area contributed by atoms with Crippen LogP contribution in [0.25, 0.3) is 0 Å². The quantitative estimate of drug-likeness (QED) is 0.526. The Balaban J connectivity index is 0.00000392. The lowest BCUT2D eigenvalue weighted by Crippen LogP contribution is -2.28. The molecule has 4 N–H and O–H groups in total. The third-order valence-electron chi connectivity index (χ3n) is 3.62. The second kappa shape index (κ2) is 10.7. The normalized spacial score (nSPS) is 10.6. The number of methoxy groups -OCH3 is 1. The van der Waals surface area contributed by atoms with E-state index in [4.69, 9.17) is 15.2 Å².